The first-order chi connectivity index (χ1) is 13.8. The molecule has 6 nitrogen and oxygen atoms in total. The SMILES string of the molecule is Cc1onc(-c2ccccc2)c1-c1nnc(CN2CC[C@H]3CCCC[C@H]3C2)o1. The van der Waals surface area contributed by atoms with E-state index in [9.17, 15) is 0 Å². The molecule has 0 amide bonds. The number of rotatable bonds is 4. The van der Waals surface area contributed by atoms with Crippen molar-refractivity contribution in [3.05, 3.63) is 42.0 Å². The Kier molecular flexibility index (Phi) is 4.72. The maximum Gasteiger partial charge on any atom is 0.253 e. The van der Waals surface area contributed by atoms with Crippen LogP contribution in [0.1, 0.15) is 43.8 Å². The topological polar surface area (TPSA) is 68.2 Å². The van der Waals surface area contributed by atoms with Crippen molar-refractivity contribution >= 4 is 0 Å². The third-order valence-electron chi connectivity index (χ3n) is 6.32. The highest BCUT2D eigenvalue weighted by Gasteiger charge is 2.31. The van der Waals surface area contributed by atoms with Crippen molar-refractivity contribution < 1.29 is 8.94 Å². The predicted octanol–water partition coefficient (Wildman–Crippen LogP) is 4.71. The number of fused-ring (bicyclic) bond motifs is 1. The van der Waals surface area contributed by atoms with Gasteiger partial charge in [-0.3, -0.25) is 4.90 Å². The minimum absolute atomic E-state index is 0.486. The Balaban J connectivity index is 1.34. The molecule has 1 aliphatic heterocycles. The normalized spacial score (nSPS) is 22.9. The van der Waals surface area contributed by atoms with E-state index in [1.165, 1.54) is 32.1 Å². The molecule has 0 spiro atoms. The molecule has 2 aromatic heterocycles. The molecule has 3 aromatic rings. The highest BCUT2D eigenvalue weighted by molar-refractivity contribution is 5.77. The minimum Gasteiger partial charge on any atom is -0.419 e. The van der Waals surface area contributed by atoms with Crippen molar-refractivity contribution in [3.8, 4) is 22.7 Å². The van der Waals surface area contributed by atoms with Gasteiger partial charge in [0.15, 0.2) is 0 Å². The molecule has 2 aliphatic rings. The zero-order valence-electron chi connectivity index (χ0n) is 16.3. The van der Waals surface area contributed by atoms with E-state index >= 15 is 0 Å². The molecule has 2 atom stereocenters. The van der Waals surface area contributed by atoms with Crippen molar-refractivity contribution in [2.45, 2.75) is 45.6 Å². The lowest BCUT2D eigenvalue weighted by molar-refractivity contribution is 0.0763. The lowest BCUT2D eigenvalue weighted by atomic mass is 9.75. The average Bonchev–Trinajstić information content (AvgIpc) is 3.34. The Morgan fingerprint density at radius 3 is 2.71 bits per heavy atom. The Morgan fingerprint density at radius 1 is 1.04 bits per heavy atom. The molecule has 3 heterocycles. The van der Waals surface area contributed by atoms with Crippen LogP contribution in [-0.4, -0.2) is 33.3 Å². The van der Waals surface area contributed by atoms with Gasteiger partial charge in [0, 0.05) is 12.1 Å². The molecule has 6 heteroatoms. The zero-order chi connectivity index (χ0) is 18.9. The predicted molar refractivity (Wildman–Crippen MR) is 105 cm³/mol. The molecule has 0 bridgehead atoms. The number of likely N-dealkylation sites (tertiary alicyclic amines) is 1. The third kappa shape index (κ3) is 3.37. The molecule has 0 N–H and O–H groups in total. The van der Waals surface area contributed by atoms with Crippen molar-refractivity contribution in [1.82, 2.24) is 20.3 Å². The van der Waals surface area contributed by atoms with Gasteiger partial charge < -0.3 is 8.94 Å². The van der Waals surface area contributed by atoms with Crippen LogP contribution in [0.15, 0.2) is 39.3 Å². The zero-order valence-corrected chi connectivity index (χ0v) is 16.3. The lowest BCUT2D eigenvalue weighted by Crippen LogP contribution is -2.41. The van der Waals surface area contributed by atoms with Crippen LogP contribution in [-0.2, 0) is 6.54 Å². The molecule has 1 saturated heterocycles. The highest BCUT2D eigenvalue weighted by atomic mass is 16.5. The number of hydrogen-bond acceptors (Lipinski definition) is 6. The number of piperidine rings is 1. The van der Waals surface area contributed by atoms with Crippen LogP contribution in [0.5, 0.6) is 0 Å². The summed E-state index contributed by atoms with van der Waals surface area (Å²) in [6.07, 6.45) is 6.88. The Morgan fingerprint density at radius 2 is 1.86 bits per heavy atom. The second-order valence-electron chi connectivity index (χ2n) is 8.16. The monoisotopic (exact) mass is 378 g/mol. The van der Waals surface area contributed by atoms with Crippen molar-refractivity contribution in [1.29, 1.82) is 0 Å². The Bertz CT molecular complexity index is 933. The summed E-state index contributed by atoms with van der Waals surface area (Å²) in [5.41, 5.74) is 2.51. The van der Waals surface area contributed by atoms with E-state index in [0.29, 0.717) is 17.5 Å². The summed E-state index contributed by atoms with van der Waals surface area (Å²) in [5, 5.41) is 12.8. The van der Waals surface area contributed by atoms with Gasteiger partial charge in [-0.15, -0.1) is 10.2 Å². The summed E-state index contributed by atoms with van der Waals surface area (Å²) in [6.45, 7) is 4.89. The fourth-order valence-corrected chi connectivity index (χ4v) is 4.85. The Labute approximate surface area is 164 Å². The van der Waals surface area contributed by atoms with E-state index in [1.54, 1.807) is 0 Å². The van der Waals surface area contributed by atoms with Gasteiger partial charge in [-0.2, -0.15) is 0 Å². The van der Waals surface area contributed by atoms with Crippen LogP contribution >= 0.6 is 0 Å². The third-order valence-corrected chi connectivity index (χ3v) is 6.32. The molecule has 1 aromatic carbocycles. The van der Waals surface area contributed by atoms with E-state index in [-0.39, 0.29) is 0 Å². The number of nitrogens with zero attached hydrogens (tertiary/aromatic N) is 4. The quantitative estimate of drug-likeness (QED) is 0.655. The van der Waals surface area contributed by atoms with Gasteiger partial charge in [0.1, 0.15) is 17.0 Å². The molecule has 0 unspecified atom stereocenters. The van der Waals surface area contributed by atoms with Gasteiger partial charge >= 0.3 is 0 Å². The maximum atomic E-state index is 6.05. The molecule has 1 aliphatic carbocycles. The van der Waals surface area contributed by atoms with Gasteiger partial charge in [-0.05, 0) is 38.1 Å². The molecule has 1 saturated carbocycles. The number of benzene rings is 1. The van der Waals surface area contributed by atoms with Gasteiger partial charge in [-0.25, -0.2) is 0 Å². The van der Waals surface area contributed by atoms with Crippen LogP contribution in [0.2, 0.25) is 0 Å². The standard InChI is InChI=1S/C22H26N4O2/c1-15-20(21(25-28-15)17-8-3-2-4-9-17)22-24-23-19(27-22)14-26-12-11-16-7-5-6-10-18(16)13-26/h2-4,8-9,16,18H,5-7,10-14H2,1H3/t16-,18+/m1/s1. The summed E-state index contributed by atoms with van der Waals surface area (Å²) >= 11 is 0. The van der Waals surface area contributed by atoms with E-state index < -0.39 is 0 Å². The van der Waals surface area contributed by atoms with Gasteiger partial charge in [-0.1, -0.05) is 54.8 Å². The van der Waals surface area contributed by atoms with Crippen molar-refractivity contribution in [3.63, 3.8) is 0 Å². The summed E-state index contributed by atoms with van der Waals surface area (Å²) in [7, 11) is 0. The molecule has 28 heavy (non-hydrogen) atoms. The van der Waals surface area contributed by atoms with Gasteiger partial charge in [0.2, 0.25) is 5.89 Å². The number of aromatic nitrogens is 3. The van der Waals surface area contributed by atoms with E-state index in [1.807, 2.05) is 37.3 Å². The maximum absolute atomic E-state index is 6.05. The van der Waals surface area contributed by atoms with Crippen LogP contribution in [0, 0.1) is 18.8 Å². The fraction of sp³-hybridized carbons (Fsp3) is 0.500. The molecule has 0 radical (unpaired) electrons. The van der Waals surface area contributed by atoms with Crippen LogP contribution in [0.3, 0.4) is 0 Å². The van der Waals surface area contributed by atoms with Crippen LogP contribution in [0.25, 0.3) is 22.7 Å². The molecule has 2 fully saturated rings. The fourth-order valence-electron chi connectivity index (χ4n) is 4.85. The first-order valence-electron chi connectivity index (χ1n) is 10.3. The van der Waals surface area contributed by atoms with E-state index in [2.05, 4.69) is 20.3 Å². The average molecular weight is 378 g/mol. The van der Waals surface area contributed by atoms with Crippen LogP contribution in [0.4, 0.5) is 0 Å². The Hall–Kier alpha value is -2.47. The van der Waals surface area contributed by atoms with Gasteiger partial charge in [0.05, 0.1) is 6.54 Å². The first-order valence-corrected chi connectivity index (χ1v) is 10.3. The van der Waals surface area contributed by atoms with E-state index in [4.69, 9.17) is 8.94 Å². The second-order valence-corrected chi connectivity index (χ2v) is 8.16. The van der Waals surface area contributed by atoms with Crippen molar-refractivity contribution in [2.75, 3.05) is 13.1 Å². The summed E-state index contributed by atoms with van der Waals surface area (Å²) < 4.78 is 11.5. The summed E-state index contributed by atoms with van der Waals surface area (Å²) in [6, 6.07) is 9.96. The molecular weight excluding hydrogens is 352 g/mol. The van der Waals surface area contributed by atoms with Crippen LogP contribution < -0.4 is 0 Å². The minimum atomic E-state index is 0.486. The molecule has 146 valence electrons. The smallest absolute Gasteiger partial charge is 0.253 e. The largest absolute Gasteiger partial charge is 0.419 e. The first kappa shape index (κ1) is 17.6. The van der Waals surface area contributed by atoms with E-state index in [0.717, 1.165) is 48.3 Å². The van der Waals surface area contributed by atoms with Gasteiger partial charge in [0.25, 0.3) is 5.89 Å². The second kappa shape index (κ2) is 7.51. The van der Waals surface area contributed by atoms with Crippen molar-refractivity contribution in [2.24, 2.45) is 11.8 Å². The number of hydrogen-bond donors (Lipinski definition) is 0. The molecule has 5 rings (SSSR count). The highest BCUT2D eigenvalue weighted by Crippen LogP contribution is 2.37. The molecular formula is C22H26N4O2. The number of aryl methyl sites for hydroxylation is 1. The summed E-state index contributed by atoms with van der Waals surface area (Å²) in [4.78, 5) is 2.47. The summed E-state index contributed by atoms with van der Waals surface area (Å²) in [5.74, 6) is 3.62. The lowest BCUT2D eigenvalue weighted by Gasteiger charge is -2.40.